The van der Waals surface area contributed by atoms with E-state index in [0.717, 1.165) is 17.8 Å². The molecule has 0 radical (unpaired) electrons. The number of amides is 1. The van der Waals surface area contributed by atoms with E-state index in [0.29, 0.717) is 17.7 Å². The van der Waals surface area contributed by atoms with Gasteiger partial charge in [-0.25, -0.2) is 0 Å². The Morgan fingerprint density at radius 2 is 1.72 bits per heavy atom. The van der Waals surface area contributed by atoms with E-state index in [9.17, 15) is 4.79 Å². The van der Waals surface area contributed by atoms with E-state index in [-0.39, 0.29) is 11.9 Å². The highest BCUT2D eigenvalue weighted by atomic mass is 16.2. The number of nitriles is 1. The van der Waals surface area contributed by atoms with Crippen molar-refractivity contribution in [2.24, 2.45) is 0 Å². The zero-order valence-electron chi connectivity index (χ0n) is 13.7. The second kappa shape index (κ2) is 6.29. The van der Waals surface area contributed by atoms with E-state index in [1.807, 2.05) is 29.2 Å². The molecule has 1 aliphatic rings. The Balaban J connectivity index is 1.74. The predicted molar refractivity (Wildman–Crippen MR) is 94.9 cm³/mol. The van der Waals surface area contributed by atoms with Crippen LogP contribution in [-0.4, -0.2) is 21.9 Å². The normalized spacial score (nSPS) is 16.1. The van der Waals surface area contributed by atoms with Crippen LogP contribution in [0.2, 0.25) is 0 Å². The number of rotatable bonds is 2. The van der Waals surface area contributed by atoms with Gasteiger partial charge in [-0.3, -0.25) is 4.79 Å². The Morgan fingerprint density at radius 1 is 0.960 bits per heavy atom. The van der Waals surface area contributed by atoms with Gasteiger partial charge >= 0.3 is 0 Å². The highest BCUT2D eigenvalue weighted by Gasteiger charge is 2.32. The molecule has 0 N–H and O–H groups in total. The Bertz CT molecular complexity index is 935. The molecule has 0 spiro atoms. The van der Waals surface area contributed by atoms with Crippen molar-refractivity contribution < 1.29 is 4.79 Å². The van der Waals surface area contributed by atoms with Crippen LogP contribution in [0.5, 0.6) is 0 Å². The number of nitrogens with zero attached hydrogens (tertiary/aromatic N) is 3. The number of benzene rings is 2. The first-order valence-electron chi connectivity index (χ1n) is 8.29. The molecule has 2 heterocycles. The Labute approximate surface area is 146 Å². The monoisotopic (exact) mass is 327 g/mol. The third-order valence-corrected chi connectivity index (χ3v) is 4.68. The summed E-state index contributed by atoms with van der Waals surface area (Å²) in [5, 5.41) is 8.94. The van der Waals surface area contributed by atoms with Gasteiger partial charge in [-0.1, -0.05) is 30.3 Å². The second-order valence-electron chi connectivity index (χ2n) is 6.13. The van der Waals surface area contributed by atoms with Gasteiger partial charge in [0.2, 0.25) is 0 Å². The molecule has 2 aromatic carbocycles. The van der Waals surface area contributed by atoms with Gasteiger partial charge in [-0.15, -0.1) is 0 Å². The maximum absolute atomic E-state index is 13.1. The Kier molecular flexibility index (Phi) is 3.83. The third-order valence-electron chi connectivity index (χ3n) is 4.68. The predicted octanol–water partition coefficient (Wildman–Crippen LogP) is 3.61. The van der Waals surface area contributed by atoms with Gasteiger partial charge in [0.15, 0.2) is 0 Å². The van der Waals surface area contributed by atoms with Crippen LogP contribution >= 0.6 is 0 Å². The van der Waals surface area contributed by atoms with Gasteiger partial charge in [0, 0.05) is 30.5 Å². The van der Waals surface area contributed by atoms with Crippen molar-refractivity contribution >= 4 is 5.91 Å². The van der Waals surface area contributed by atoms with Crippen LogP contribution in [0, 0.1) is 11.3 Å². The highest BCUT2D eigenvalue weighted by Crippen LogP contribution is 2.33. The molecular formula is C21H17N3O. The molecule has 0 saturated heterocycles. The molecule has 0 fully saturated rings. The molecule has 1 aromatic heterocycles. The van der Waals surface area contributed by atoms with Crippen molar-refractivity contribution in [3.05, 3.63) is 95.3 Å². The maximum atomic E-state index is 13.1. The van der Waals surface area contributed by atoms with E-state index in [4.69, 9.17) is 5.26 Å². The molecule has 1 aliphatic heterocycles. The van der Waals surface area contributed by atoms with Gasteiger partial charge in [0.1, 0.15) is 0 Å². The van der Waals surface area contributed by atoms with Crippen LogP contribution in [0.3, 0.4) is 0 Å². The summed E-state index contributed by atoms with van der Waals surface area (Å²) in [6.45, 7) is 1.44. The standard InChI is InChI=1S/C21H17N3O/c22-15-16-8-10-18(11-9-16)21(25)24-14-13-23-12-4-7-19(23)20(24)17-5-2-1-3-6-17/h1-12,20H,13-14H2. The Morgan fingerprint density at radius 3 is 2.44 bits per heavy atom. The number of hydrogen-bond acceptors (Lipinski definition) is 2. The first-order chi connectivity index (χ1) is 12.3. The fourth-order valence-electron chi connectivity index (χ4n) is 3.44. The minimum atomic E-state index is -0.104. The van der Waals surface area contributed by atoms with Crippen LogP contribution in [0.25, 0.3) is 0 Å². The van der Waals surface area contributed by atoms with E-state index in [1.54, 1.807) is 24.3 Å². The SMILES string of the molecule is N#Cc1ccc(C(=O)N2CCn3cccc3C2c2ccccc2)cc1. The van der Waals surface area contributed by atoms with E-state index in [1.165, 1.54) is 0 Å². The summed E-state index contributed by atoms with van der Waals surface area (Å²) >= 11 is 0. The molecule has 1 amide bonds. The quantitative estimate of drug-likeness (QED) is 0.722. The molecule has 1 unspecified atom stereocenters. The van der Waals surface area contributed by atoms with Gasteiger partial charge in [-0.2, -0.15) is 5.26 Å². The van der Waals surface area contributed by atoms with Crippen LogP contribution in [-0.2, 0) is 6.54 Å². The first-order valence-corrected chi connectivity index (χ1v) is 8.29. The smallest absolute Gasteiger partial charge is 0.254 e. The largest absolute Gasteiger partial charge is 0.348 e. The summed E-state index contributed by atoms with van der Waals surface area (Å²) in [7, 11) is 0. The van der Waals surface area contributed by atoms with E-state index >= 15 is 0 Å². The molecule has 4 nitrogen and oxygen atoms in total. The number of hydrogen-bond donors (Lipinski definition) is 0. The molecule has 4 heteroatoms. The molecule has 1 atom stereocenters. The van der Waals surface area contributed by atoms with Crippen molar-refractivity contribution in [3.8, 4) is 6.07 Å². The van der Waals surface area contributed by atoms with Crippen molar-refractivity contribution in [2.45, 2.75) is 12.6 Å². The van der Waals surface area contributed by atoms with Crippen LogP contribution in [0.15, 0.2) is 72.9 Å². The van der Waals surface area contributed by atoms with Crippen molar-refractivity contribution in [2.75, 3.05) is 6.54 Å². The molecule has 122 valence electrons. The lowest BCUT2D eigenvalue weighted by Crippen LogP contribution is -2.42. The summed E-state index contributed by atoms with van der Waals surface area (Å²) in [6.07, 6.45) is 2.06. The first kappa shape index (κ1) is 15.2. The van der Waals surface area contributed by atoms with Crippen molar-refractivity contribution in [1.82, 2.24) is 9.47 Å². The summed E-state index contributed by atoms with van der Waals surface area (Å²) < 4.78 is 2.21. The lowest BCUT2D eigenvalue weighted by Gasteiger charge is -2.37. The number of carbonyl (C=O) groups excluding carboxylic acids is 1. The zero-order chi connectivity index (χ0) is 17.2. The highest BCUT2D eigenvalue weighted by molar-refractivity contribution is 5.95. The van der Waals surface area contributed by atoms with Crippen molar-refractivity contribution in [1.29, 1.82) is 5.26 Å². The maximum Gasteiger partial charge on any atom is 0.254 e. The number of fused-ring (bicyclic) bond motifs is 1. The second-order valence-corrected chi connectivity index (χ2v) is 6.13. The third kappa shape index (κ3) is 2.70. The van der Waals surface area contributed by atoms with Crippen LogP contribution in [0.1, 0.15) is 33.2 Å². The molecule has 4 rings (SSSR count). The molecular weight excluding hydrogens is 310 g/mol. The molecule has 0 aliphatic carbocycles. The van der Waals surface area contributed by atoms with E-state index in [2.05, 4.69) is 35.0 Å². The topological polar surface area (TPSA) is 49.0 Å². The van der Waals surface area contributed by atoms with Crippen LogP contribution in [0.4, 0.5) is 0 Å². The van der Waals surface area contributed by atoms with Gasteiger partial charge in [0.25, 0.3) is 5.91 Å². The summed E-state index contributed by atoms with van der Waals surface area (Å²) in [5.41, 5.74) is 3.40. The fourth-order valence-corrected chi connectivity index (χ4v) is 3.44. The average Bonchev–Trinajstić information content (AvgIpc) is 3.16. The summed E-state index contributed by atoms with van der Waals surface area (Å²) in [6, 6.07) is 23.1. The van der Waals surface area contributed by atoms with Crippen molar-refractivity contribution in [3.63, 3.8) is 0 Å². The zero-order valence-corrected chi connectivity index (χ0v) is 13.7. The average molecular weight is 327 g/mol. The summed E-state index contributed by atoms with van der Waals surface area (Å²) in [5.74, 6) is -0.00853. The molecule has 0 saturated carbocycles. The van der Waals surface area contributed by atoms with E-state index < -0.39 is 0 Å². The lowest BCUT2D eigenvalue weighted by atomic mass is 9.99. The van der Waals surface area contributed by atoms with Gasteiger partial charge in [-0.05, 0) is 42.0 Å². The Hall–Kier alpha value is -3.32. The lowest BCUT2D eigenvalue weighted by molar-refractivity contribution is 0.0664. The minimum Gasteiger partial charge on any atom is -0.348 e. The number of aromatic nitrogens is 1. The fraction of sp³-hybridized carbons (Fsp3) is 0.143. The minimum absolute atomic E-state index is 0.00853. The van der Waals surface area contributed by atoms with Gasteiger partial charge < -0.3 is 9.47 Å². The number of carbonyl (C=O) groups is 1. The van der Waals surface area contributed by atoms with Gasteiger partial charge in [0.05, 0.1) is 17.7 Å². The summed E-state index contributed by atoms with van der Waals surface area (Å²) in [4.78, 5) is 15.1. The molecule has 3 aromatic rings. The molecule has 0 bridgehead atoms. The molecule has 25 heavy (non-hydrogen) atoms. The van der Waals surface area contributed by atoms with Crippen LogP contribution < -0.4 is 0 Å².